The number of halogens is 1. The lowest BCUT2D eigenvalue weighted by Crippen LogP contribution is -2.28. The molecule has 2 aromatic rings. The summed E-state index contributed by atoms with van der Waals surface area (Å²) in [6.45, 7) is 3.98. The van der Waals surface area contributed by atoms with Crippen molar-refractivity contribution in [3.05, 3.63) is 54.3 Å². The second kappa shape index (κ2) is 13.8. The number of esters is 1. The van der Waals surface area contributed by atoms with Crippen LogP contribution in [0.4, 0.5) is 10.1 Å². The molecule has 7 nitrogen and oxygen atoms in total. The van der Waals surface area contributed by atoms with Gasteiger partial charge in [0.2, 0.25) is 0 Å². The van der Waals surface area contributed by atoms with E-state index in [9.17, 15) is 17.6 Å². The van der Waals surface area contributed by atoms with Gasteiger partial charge < -0.3 is 14.8 Å². The van der Waals surface area contributed by atoms with Crippen LogP contribution in [-0.2, 0) is 19.4 Å². The Morgan fingerprint density at radius 2 is 1.67 bits per heavy atom. The van der Waals surface area contributed by atoms with E-state index >= 15 is 0 Å². The smallest absolute Gasteiger partial charge is 0.320 e. The molecular weight excluding hydrogens is 447 g/mol. The van der Waals surface area contributed by atoms with Crippen LogP contribution in [0, 0.1) is 5.82 Å². The SMILES string of the molecule is CCOC(=O)CN(C)CCCCCCOc1ccc(NCS(=O)(=O)c2ccc(F)cc2)cc1. The van der Waals surface area contributed by atoms with Crippen LogP contribution in [-0.4, -0.2) is 58.5 Å². The number of hydrogen-bond donors (Lipinski definition) is 1. The van der Waals surface area contributed by atoms with E-state index in [4.69, 9.17) is 9.47 Å². The number of hydrogen-bond acceptors (Lipinski definition) is 7. The summed E-state index contributed by atoms with van der Waals surface area (Å²) in [4.78, 5) is 13.4. The summed E-state index contributed by atoms with van der Waals surface area (Å²) < 4.78 is 48.3. The van der Waals surface area contributed by atoms with Gasteiger partial charge in [0, 0.05) is 5.69 Å². The lowest BCUT2D eigenvalue weighted by Gasteiger charge is -2.15. The maximum atomic E-state index is 13.0. The molecule has 0 heterocycles. The van der Waals surface area contributed by atoms with Gasteiger partial charge in [-0.15, -0.1) is 0 Å². The van der Waals surface area contributed by atoms with E-state index in [1.54, 1.807) is 31.2 Å². The van der Waals surface area contributed by atoms with Crippen molar-refractivity contribution in [1.82, 2.24) is 4.90 Å². The summed E-state index contributed by atoms with van der Waals surface area (Å²) in [5.41, 5.74) is 0.653. The Labute approximate surface area is 195 Å². The fourth-order valence-electron chi connectivity index (χ4n) is 3.11. The monoisotopic (exact) mass is 480 g/mol. The minimum Gasteiger partial charge on any atom is -0.494 e. The average molecular weight is 481 g/mol. The van der Waals surface area contributed by atoms with Crippen LogP contribution in [0.1, 0.15) is 32.6 Å². The first-order chi connectivity index (χ1) is 15.8. The number of sulfone groups is 1. The van der Waals surface area contributed by atoms with E-state index < -0.39 is 15.7 Å². The molecule has 0 saturated heterocycles. The molecule has 0 unspecified atom stereocenters. The normalized spacial score (nSPS) is 11.4. The van der Waals surface area contributed by atoms with Crippen molar-refractivity contribution in [3.63, 3.8) is 0 Å². The number of ether oxygens (including phenoxy) is 2. The van der Waals surface area contributed by atoms with E-state index in [1.807, 2.05) is 11.9 Å². The zero-order valence-electron chi connectivity index (χ0n) is 19.3. The van der Waals surface area contributed by atoms with E-state index in [0.717, 1.165) is 50.1 Å². The van der Waals surface area contributed by atoms with E-state index in [2.05, 4.69) is 5.32 Å². The van der Waals surface area contributed by atoms with Crippen molar-refractivity contribution < 1.29 is 27.1 Å². The molecule has 0 aliphatic heterocycles. The summed E-state index contributed by atoms with van der Waals surface area (Å²) >= 11 is 0. The Hall–Kier alpha value is -2.65. The van der Waals surface area contributed by atoms with Crippen LogP contribution in [0.2, 0.25) is 0 Å². The Kier molecular flexibility index (Phi) is 11.1. The number of rotatable bonds is 15. The van der Waals surface area contributed by atoms with Gasteiger partial charge in [0.25, 0.3) is 0 Å². The quantitative estimate of drug-likeness (QED) is 0.233. The average Bonchev–Trinajstić information content (AvgIpc) is 2.78. The van der Waals surface area contributed by atoms with Crippen molar-refractivity contribution in [3.8, 4) is 5.75 Å². The molecule has 0 fully saturated rings. The molecular formula is C24H33FN2O5S. The molecule has 182 valence electrons. The number of unbranched alkanes of at least 4 members (excludes halogenated alkanes) is 3. The molecule has 0 aliphatic carbocycles. The standard InChI is InChI=1S/C24H33FN2O5S/c1-3-31-24(28)18-27(2)16-6-4-5-7-17-32-22-12-10-21(11-13-22)26-19-33(29,30)23-14-8-20(25)9-15-23/h8-15,26H,3-7,16-19H2,1-2H3. The lowest BCUT2D eigenvalue weighted by atomic mass is 10.2. The van der Waals surface area contributed by atoms with Crippen molar-refractivity contribution in [1.29, 1.82) is 0 Å². The third-order valence-corrected chi connectivity index (χ3v) is 6.42. The maximum Gasteiger partial charge on any atom is 0.320 e. The summed E-state index contributed by atoms with van der Waals surface area (Å²) in [6.07, 6.45) is 4.03. The molecule has 2 aromatic carbocycles. The number of likely N-dealkylation sites (N-methyl/N-ethyl adjacent to an activating group) is 1. The number of nitrogens with zero attached hydrogens (tertiary/aromatic N) is 1. The van der Waals surface area contributed by atoms with Crippen LogP contribution in [0.5, 0.6) is 5.75 Å². The molecule has 0 amide bonds. The Balaban J connectivity index is 1.61. The van der Waals surface area contributed by atoms with E-state index in [-0.39, 0.29) is 16.7 Å². The maximum absolute atomic E-state index is 13.0. The van der Waals surface area contributed by atoms with E-state index in [1.165, 1.54) is 12.1 Å². The van der Waals surface area contributed by atoms with Crippen molar-refractivity contribution in [2.45, 2.75) is 37.5 Å². The number of benzene rings is 2. The molecule has 0 aliphatic rings. The molecule has 0 saturated carbocycles. The largest absolute Gasteiger partial charge is 0.494 e. The van der Waals surface area contributed by atoms with Crippen molar-refractivity contribution in [2.24, 2.45) is 0 Å². The lowest BCUT2D eigenvalue weighted by molar-refractivity contribution is -0.144. The third kappa shape index (κ3) is 10.2. The zero-order chi connectivity index (χ0) is 24.1. The highest BCUT2D eigenvalue weighted by Crippen LogP contribution is 2.18. The van der Waals surface area contributed by atoms with Gasteiger partial charge in [-0.3, -0.25) is 9.69 Å². The predicted molar refractivity (Wildman–Crippen MR) is 127 cm³/mol. The third-order valence-electron chi connectivity index (χ3n) is 4.90. The van der Waals surface area contributed by atoms with Crippen molar-refractivity contribution in [2.75, 3.05) is 44.5 Å². The van der Waals surface area contributed by atoms with Gasteiger partial charge in [-0.2, -0.15) is 0 Å². The number of nitrogens with one attached hydrogen (secondary N) is 1. The fourth-order valence-corrected chi connectivity index (χ4v) is 4.18. The first-order valence-electron chi connectivity index (χ1n) is 11.1. The Morgan fingerprint density at radius 3 is 2.33 bits per heavy atom. The van der Waals surface area contributed by atoms with Crippen LogP contribution in [0.15, 0.2) is 53.4 Å². The highest BCUT2D eigenvalue weighted by atomic mass is 32.2. The Morgan fingerprint density at radius 1 is 1.00 bits per heavy atom. The molecule has 2 rings (SSSR count). The molecule has 0 radical (unpaired) electrons. The second-order valence-electron chi connectivity index (χ2n) is 7.72. The van der Waals surface area contributed by atoms with Gasteiger partial charge >= 0.3 is 5.97 Å². The van der Waals surface area contributed by atoms with Crippen LogP contribution < -0.4 is 10.1 Å². The van der Waals surface area contributed by atoms with Gasteiger partial charge in [0.15, 0.2) is 9.84 Å². The number of carbonyl (C=O) groups is 1. The minimum atomic E-state index is -3.56. The molecule has 0 bridgehead atoms. The Bertz CT molecular complexity index is 950. The topological polar surface area (TPSA) is 84.9 Å². The molecule has 0 spiro atoms. The summed E-state index contributed by atoms with van der Waals surface area (Å²) in [5, 5.41) is 2.87. The van der Waals surface area contributed by atoms with Gasteiger partial charge in [-0.1, -0.05) is 12.8 Å². The van der Waals surface area contributed by atoms with Crippen molar-refractivity contribution >= 4 is 21.5 Å². The van der Waals surface area contributed by atoms with E-state index in [0.29, 0.717) is 25.4 Å². The number of anilines is 1. The number of carbonyl (C=O) groups excluding carboxylic acids is 1. The first-order valence-corrected chi connectivity index (χ1v) is 12.7. The summed E-state index contributed by atoms with van der Waals surface area (Å²) in [7, 11) is -1.65. The second-order valence-corrected chi connectivity index (χ2v) is 9.71. The summed E-state index contributed by atoms with van der Waals surface area (Å²) in [6, 6.07) is 11.9. The molecule has 9 heteroatoms. The molecule has 0 aromatic heterocycles. The van der Waals surface area contributed by atoms with Gasteiger partial charge in [0.1, 0.15) is 17.4 Å². The van der Waals surface area contributed by atoms with Gasteiger partial charge in [-0.05, 0) is 81.9 Å². The minimum absolute atomic E-state index is 0.0713. The van der Waals surface area contributed by atoms with Crippen LogP contribution in [0.25, 0.3) is 0 Å². The van der Waals surface area contributed by atoms with Crippen LogP contribution >= 0.6 is 0 Å². The highest BCUT2D eigenvalue weighted by Gasteiger charge is 2.14. The molecule has 0 atom stereocenters. The zero-order valence-corrected chi connectivity index (χ0v) is 20.1. The summed E-state index contributed by atoms with van der Waals surface area (Å²) in [5.74, 6) is -0.232. The van der Waals surface area contributed by atoms with Crippen LogP contribution in [0.3, 0.4) is 0 Å². The highest BCUT2D eigenvalue weighted by molar-refractivity contribution is 7.91. The predicted octanol–water partition coefficient (Wildman–Crippen LogP) is 4.10. The fraction of sp³-hybridized carbons (Fsp3) is 0.458. The molecule has 33 heavy (non-hydrogen) atoms. The van der Waals surface area contributed by atoms with Gasteiger partial charge in [0.05, 0.1) is 24.7 Å². The first kappa shape index (κ1) is 26.6. The van der Waals surface area contributed by atoms with Gasteiger partial charge in [-0.25, -0.2) is 12.8 Å². The molecule has 1 N–H and O–H groups in total.